The third-order valence-corrected chi connectivity index (χ3v) is 7.35. The first-order valence-electron chi connectivity index (χ1n) is 12.9. The number of nitrogens with one attached hydrogen (secondary N) is 1. The van der Waals surface area contributed by atoms with E-state index in [0.29, 0.717) is 51.5 Å². The van der Waals surface area contributed by atoms with Crippen LogP contribution in [0.15, 0.2) is 63.4 Å². The van der Waals surface area contributed by atoms with Crippen molar-refractivity contribution < 1.29 is 22.4 Å². The molecule has 2 aromatic heterocycles. The minimum Gasteiger partial charge on any atom is -0.455 e. The molecule has 1 aliphatic heterocycles. The zero-order valence-electron chi connectivity index (χ0n) is 21.9. The molecule has 0 aliphatic carbocycles. The maximum absolute atomic E-state index is 13.7. The highest BCUT2D eigenvalue weighted by atomic mass is 19.1. The highest BCUT2D eigenvalue weighted by Gasteiger charge is 2.29. The Bertz CT molecular complexity index is 1690. The second-order valence-corrected chi connectivity index (χ2v) is 10.1. The molecule has 3 aromatic carbocycles. The van der Waals surface area contributed by atoms with Gasteiger partial charge in [-0.15, -0.1) is 0 Å². The van der Waals surface area contributed by atoms with E-state index in [1.165, 1.54) is 24.3 Å². The largest absolute Gasteiger partial charge is 0.455 e. The predicted molar refractivity (Wildman–Crippen MR) is 147 cm³/mol. The topological polar surface area (TPSA) is 74.8 Å². The molecule has 0 radical (unpaired) electrons. The lowest BCUT2D eigenvalue weighted by Gasteiger charge is -2.33. The van der Waals surface area contributed by atoms with Crippen molar-refractivity contribution in [1.29, 1.82) is 0 Å². The second-order valence-electron chi connectivity index (χ2n) is 10.1. The van der Waals surface area contributed by atoms with E-state index in [2.05, 4.69) is 15.2 Å². The number of amides is 1. The molecule has 1 atom stereocenters. The molecule has 39 heavy (non-hydrogen) atoms. The molecule has 3 heterocycles. The van der Waals surface area contributed by atoms with Crippen LogP contribution in [0.3, 0.4) is 0 Å². The molecule has 9 heteroatoms. The first kappa shape index (κ1) is 24.9. The Morgan fingerprint density at radius 1 is 1.03 bits per heavy atom. The molecule has 7 nitrogen and oxygen atoms in total. The minimum absolute atomic E-state index is 0.119. The number of rotatable bonds is 5. The third-order valence-electron chi connectivity index (χ3n) is 7.35. The van der Waals surface area contributed by atoms with Crippen LogP contribution in [-0.4, -0.2) is 45.1 Å². The first-order chi connectivity index (χ1) is 18.8. The molecule has 6 rings (SSSR count). The summed E-state index contributed by atoms with van der Waals surface area (Å²) in [6, 6.07) is 14.7. The van der Waals surface area contributed by atoms with Gasteiger partial charge in [0.25, 0.3) is 11.9 Å². The van der Waals surface area contributed by atoms with Gasteiger partial charge in [-0.05, 0) is 60.9 Å². The fraction of sp³-hybridized carbons (Fsp3) is 0.267. The third kappa shape index (κ3) is 4.47. The normalized spacial score (nSPS) is 15.7. The summed E-state index contributed by atoms with van der Waals surface area (Å²) in [4.78, 5) is 21.8. The van der Waals surface area contributed by atoms with E-state index in [0.717, 1.165) is 30.6 Å². The Labute approximate surface area is 224 Å². The molecule has 1 N–H and O–H groups in total. The van der Waals surface area contributed by atoms with Crippen molar-refractivity contribution >= 4 is 39.7 Å². The van der Waals surface area contributed by atoms with Crippen LogP contribution in [0.5, 0.6) is 0 Å². The molecular weight excluding hydrogens is 502 g/mol. The number of halogens is 2. The van der Waals surface area contributed by atoms with Crippen molar-refractivity contribution in [1.82, 2.24) is 10.3 Å². The minimum atomic E-state index is -0.362. The average Bonchev–Trinajstić information content (AvgIpc) is 3.53. The molecule has 0 bridgehead atoms. The number of furan rings is 1. The van der Waals surface area contributed by atoms with Crippen LogP contribution < -0.4 is 15.1 Å². The zero-order valence-corrected chi connectivity index (χ0v) is 21.9. The molecule has 0 unspecified atom stereocenters. The van der Waals surface area contributed by atoms with Crippen molar-refractivity contribution in [3.63, 3.8) is 0 Å². The average molecular weight is 531 g/mol. The summed E-state index contributed by atoms with van der Waals surface area (Å²) in [6.45, 7) is 1.43. The van der Waals surface area contributed by atoms with Crippen LogP contribution in [-0.2, 0) is 0 Å². The Morgan fingerprint density at radius 2 is 1.79 bits per heavy atom. The fourth-order valence-electron chi connectivity index (χ4n) is 5.45. The predicted octanol–water partition coefficient (Wildman–Crippen LogP) is 6.33. The number of piperidine rings is 1. The van der Waals surface area contributed by atoms with Gasteiger partial charge in [0.2, 0.25) is 0 Å². The summed E-state index contributed by atoms with van der Waals surface area (Å²) >= 11 is 0. The Balaban J connectivity index is 1.44. The fourth-order valence-corrected chi connectivity index (χ4v) is 5.45. The lowest BCUT2D eigenvalue weighted by Crippen LogP contribution is -2.35. The molecule has 1 amide bonds. The Hall–Kier alpha value is -4.40. The lowest BCUT2D eigenvalue weighted by molar-refractivity contribution is 0.0964. The van der Waals surface area contributed by atoms with E-state index < -0.39 is 0 Å². The van der Waals surface area contributed by atoms with Crippen molar-refractivity contribution in [2.45, 2.75) is 18.8 Å². The van der Waals surface area contributed by atoms with Gasteiger partial charge in [0.1, 0.15) is 28.5 Å². The van der Waals surface area contributed by atoms with E-state index in [9.17, 15) is 13.6 Å². The summed E-state index contributed by atoms with van der Waals surface area (Å²) in [5.74, 6) is -0.473. The van der Waals surface area contributed by atoms with Crippen LogP contribution in [0, 0.1) is 11.6 Å². The summed E-state index contributed by atoms with van der Waals surface area (Å²) in [5, 5.41) is 3.42. The quantitative estimate of drug-likeness (QED) is 0.286. The van der Waals surface area contributed by atoms with Gasteiger partial charge in [-0.25, -0.2) is 8.78 Å². The molecule has 0 saturated carbocycles. The number of carbonyl (C=O) groups excluding carboxylic acids is 1. The number of hydrogen-bond acceptors (Lipinski definition) is 6. The van der Waals surface area contributed by atoms with Gasteiger partial charge in [0.15, 0.2) is 5.58 Å². The van der Waals surface area contributed by atoms with Gasteiger partial charge in [0.05, 0.1) is 5.56 Å². The van der Waals surface area contributed by atoms with E-state index in [1.807, 2.05) is 31.1 Å². The maximum Gasteiger partial charge on any atom is 0.298 e. The van der Waals surface area contributed by atoms with Crippen molar-refractivity contribution in [3.05, 3.63) is 77.4 Å². The first-order valence-corrected chi connectivity index (χ1v) is 12.9. The second kappa shape index (κ2) is 9.72. The summed E-state index contributed by atoms with van der Waals surface area (Å²) in [5.41, 5.74) is 4.71. The van der Waals surface area contributed by atoms with Crippen LogP contribution in [0.4, 0.5) is 20.5 Å². The van der Waals surface area contributed by atoms with Crippen molar-refractivity contribution in [2.24, 2.45) is 0 Å². The van der Waals surface area contributed by atoms with Crippen LogP contribution in [0.25, 0.3) is 33.4 Å². The molecule has 200 valence electrons. The molecule has 5 aromatic rings. The Morgan fingerprint density at radius 3 is 2.54 bits per heavy atom. The van der Waals surface area contributed by atoms with E-state index in [1.54, 1.807) is 25.2 Å². The monoisotopic (exact) mass is 530 g/mol. The van der Waals surface area contributed by atoms with E-state index in [4.69, 9.17) is 8.83 Å². The van der Waals surface area contributed by atoms with Gasteiger partial charge in [0, 0.05) is 68.9 Å². The molecule has 0 spiro atoms. The van der Waals surface area contributed by atoms with Gasteiger partial charge >= 0.3 is 0 Å². The number of fused-ring (bicyclic) bond motifs is 2. The number of carbonyl (C=O) groups is 1. The standard InChI is InChI=1S/C30H28F2N4O3/c1-33-29(37)27-22-14-21(24(35(2)3)15-26(22)38-28(27)17-6-8-19(31)9-7-17)18-5-4-12-36(16-18)30-34-23-13-20(32)10-11-25(23)39-30/h6-11,13-15,18H,4-5,12,16H2,1-3H3,(H,33,37)/t18-/m1/s1. The molecule has 1 saturated heterocycles. The van der Waals surface area contributed by atoms with Crippen LogP contribution in [0.2, 0.25) is 0 Å². The van der Waals surface area contributed by atoms with Crippen molar-refractivity contribution in [3.8, 4) is 11.3 Å². The lowest BCUT2D eigenvalue weighted by atomic mass is 9.88. The summed E-state index contributed by atoms with van der Waals surface area (Å²) < 4.78 is 39.5. The number of hydrogen-bond donors (Lipinski definition) is 1. The number of anilines is 2. The summed E-state index contributed by atoms with van der Waals surface area (Å²) in [6.07, 6.45) is 1.85. The Kier molecular flexibility index (Phi) is 6.21. The smallest absolute Gasteiger partial charge is 0.298 e. The van der Waals surface area contributed by atoms with E-state index >= 15 is 0 Å². The highest BCUT2D eigenvalue weighted by Crippen LogP contribution is 2.41. The van der Waals surface area contributed by atoms with Gasteiger partial charge in [-0.2, -0.15) is 4.98 Å². The zero-order chi connectivity index (χ0) is 27.3. The number of oxazole rings is 1. The summed E-state index contributed by atoms with van der Waals surface area (Å²) in [7, 11) is 5.53. The SMILES string of the molecule is CNC(=O)c1c(-c2ccc(F)cc2)oc2cc(N(C)C)c([C@@H]3CCCN(c4nc5cc(F)ccc5o4)C3)cc12. The number of aromatic nitrogens is 1. The van der Waals surface area contributed by atoms with Gasteiger partial charge in [-0.3, -0.25) is 4.79 Å². The molecule has 1 fully saturated rings. The van der Waals surface area contributed by atoms with Gasteiger partial charge < -0.3 is 24.0 Å². The van der Waals surface area contributed by atoms with Crippen molar-refractivity contribution in [2.75, 3.05) is 44.0 Å². The van der Waals surface area contributed by atoms with Gasteiger partial charge in [-0.1, -0.05) is 0 Å². The maximum atomic E-state index is 13.7. The highest BCUT2D eigenvalue weighted by molar-refractivity contribution is 6.11. The van der Waals surface area contributed by atoms with Crippen LogP contribution >= 0.6 is 0 Å². The molecule has 1 aliphatic rings. The number of nitrogens with zero attached hydrogens (tertiary/aromatic N) is 3. The van der Waals surface area contributed by atoms with E-state index in [-0.39, 0.29) is 23.5 Å². The molecular formula is C30H28F2N4O3. The van der Waals surface area contributed by atoms with Crippen LogP contribution in [0.1, 0.15) is 34.7 Å². The number of benzene rings is 3.